The fraction of sp³-hybridized carbons (Fsp3) is 0.0435. The molecule has 0 radical (unpaired) electrons. The molecule has 1 N–H and O–H groups in total. The van der Waals surface area contributed by atoms with Crippen LogP contribution in [0.25, 0.3) is 33.3 Å². The lowest BCUT2D eigenvalue weighted by molar-refractivity contribution is -0.132. The van der Waals surface area contributed by atoms with E-state index in [0.29, 0.717) is 0 Å². The highest BCUT2D eigenvalue weighted by atomic mass is 32.1. The van der Waals surface area contributed by atoms with Crippen molar-refractivity contribution in [2.24, 2.45) is 0 Å². The number of nitrogens with zero attached hydrogens (tertiary/aromatic N) is 2. The van der Waals surface area contributed by atoms with Crippen LogP contribution in [0.5, 0.6) is 0 Å². The monoisotopic (exact) mass is 384 g/mol. The lowest BCUT2D eigenvalue weighted by Gasteiger charge is -2.06. The van der Waals surface area contributed by atoms with Crippen LogP contribution in [-0.2, 0) is 4.79 Å². The number of nitriles is 1. The van der Waals surface area contributed by atoms with Crippen LogP contribution in [0.4, 0.5) is 0 Å². The van der Waals surface area contributed by atoms with Gasteiger partial charge >= 0.3 is 5.97 Å². The van der Waals surface area contributed by atoms with Crippen molar-refractivity contribution >= 4 is 28.9 Å². The summed E-state index contributed by atoms with van der Waals surface area (Å²) in [6.45, 7) is 2.12. The standard InChI is InChI=1S/C23H16N2O2S/c1-15-19-9-5-6-12-25(19)22(21(15)16-7-3-2-4-8-16)20-11-10-18(28-20)13-17(14-24)23(26)27/h2-13H,1H3,(H,26,27)/b17-13+. The molecule has 3 heterocycles. The molecular weight excluding hydrogens is 368 g/mol. The first-order chi connectivity index (χ1) is 13.6. The number of rotatable bonds is 4. The molecule has 4 rings (SSSR count). The minimum Gasteiger partial charge on any atom is -0.477 e. The number of aromatic nitrogens is 1. The zero-order valence-corrected chi connectivity index (χ0v) is 15.9. The second-order valence-electron chi connectivity index (χ2n) is 6.35. The van der Waals surface area contributed by atoms with Gasteiger partial charge in [0.25, 0.3) is 0 Å². The SMILES string of the molecule is Cc1c(-c2ccccc2)c(-c2ccc(/C=C(\C#N)C(=O)O)s2)n2ccccc12. The molecule has 4 aromatic rings. The van der Waals surface area contributed by atoms with E-state index in [1.165, 1.54) is 23.0 Å². The van der Waals surface area contributed by atoms with Gasteiger partial charge in [-0.25, -0.2) is 4.79 Å². The summed E-state index contributed by atoms with van der Waals surface area (Å²) in [7, 11) is 0. The lowest BCUT2D eigenvalue weighted by Crippen LogP contribution is -1.96. The summed E-state index contributed by atoms with van der Waals surface area (Å²) in [5.74, 6) is -1.22. The fourth-order valence-corrected chi connectivity index (χ4v) is 4.41. The van der Waals surface area contributed by atoms with Crippen LogP contribution in [0.15, 0.2) is 72.4 Å². The van der Waals surface area contributed by atoms with Gasteiger partial charge in [-0.1, -0.05) is 36.4 Å². The van der Waals surface area contributed by atoms with Gasteiger partial charge in [0.05, 0.1) is 10.6 Å². The average molecular weight is 384 g/mol. The number of hydrogen-bond donors (Lipinski definition) is 1. The predicted octanol–water partition coefficient (Wildman–Crippen LogP) is 5.63. The third-order valence-electron chi connectivity index (χ3n) is 4.66. The van der Waals surface area contributed by atoms with E-state index in [1.54, 1.807) is 6.07 Å². The molecule has 0 atom stereocenters. The van der Waals surface area contributed by atoms with Crippen molar-refractivity contribution in [1.29, 1.82) is 5.26 Å². The minimum atomic E-state index is -1.22. The van der Waals surface area contributed by atoms with E-state index >= 15 is 0 Å². The summed E-state index contributed by atoms with van der Waals surface area (Å²) >= 11 is 1.47. The quantitative estimate of drug-likeness (QED) is 0.366. The number of carboxylic acid groups (broad SMARTS) is 1. The molecule has 1 aromatic carbocycles. The molecule has 0 aliphatic heterocycles. The molecule has 0 saturated heterocycles. The van der Waals surface area contributed by atoms with Gasteiger partial charge < -0.3 is 9.51 Å². The topological polar surface area (TPSA) is 65.5 Å². The molecule has 0 aliphatic rings. The zero-order chi connectivity index (χ0) is 19.7. The Morgan fingerprint density at radius 1 is 1.11 bits per heavy atom. The zero-order valence-electron chi connectivity index (χ0n) is 15.1. The Kier molecular flexibility index (Phi) is 4.56. The Labute approximate surface area is 166 Å². The third-order valence-corrected chi connectivity index (χ3v) is 5.70. The van der Waals surface area contributed by atoms with Gasteiger partial charge in [0.15, 0.2) is 0 Å². The first-order valence-corrected chi connectivity index (χ1v) is 9.52. The predicted molar refractivity (Wildman–Crippen MR) is 112 cm³/mol. The van der Waals surface area contributed by atoms with Crippen LogP contribution in [0.3, 0.4) is 0 Å². The maximum atomic E-state index is 11.1. The van der Waals surface area contributed by atoms with Crippen LogP contribution in [0.1, 0.15) is 10.4 Å². The summed E-state index contributed by atoms with van der Waals surface area (Å²) in [5.41, 5.74) is 5.40. The molecule has 0 fully saturated rings. The van der Waals surface area contributed by atoms with Crippen LogP contribution in [0.2, 0.25) is 0 Å². The summed E-state index contributed by atoms with van der Waals surface area (Å²) < 4.78 is 2.17. The van der Waals surface area contributed by atoms with Gasteiger partial charge in [0.1, 0.15) is 11.6 Å². The summed E-state index contributed by atoms with van der Waals surface area (Å²) in [5, 5.41) is 18.1. The normalized spacial score (nSPS) is 11.5. The average Bonchev–Trinajstić information content (AvgIpc) is 3.29. The fourth-order valence-electron chi connectivity index (χ4n) is 3.41. The largest absolute Gasteiger partial charge is 0.477 e. The van der Waals surface area contributed by atoms with Crippen molar-refractivity contribution in [3.05, 3.63) is 82.9 Å². The molecular formula is C23H16N2O2S. The van der Waals surface area contributed by atoms with E-state index in [-0.39, 0.29) is 5.57 Å². The maximum Gasteiger partial charge on any atom is 0.346 e. The van der Waals surface area contributed by atoms with Crippen LogP contribution < -0.4 is 0 Å². The number of pyridine rings is 1. The number of thiophene rings is 1. The summed E-state index contributed by atoms with van der Waals surface area (Å²) in [6, 6.07) is 21.9. The molecule has 28 heavy (non-hydrogen) atoms. The molecule has 0 amide bonds. The van der Waals surface area contributed by atoms with Crippen molar-refractivity contribution in [2.75, 3.05) is 0 Å². The van der Waals surface area contributed by atoms with Gasteiger partial charge in [-0.3, -0.25) is 0 Å². The van der Waals surface area contributed by atoms with Crippen molar-refractivity contribution in [3.8, 4) is 27.8 Å². The number of fused-ring (bicyclic) bond motifs is 1. The van der Waals surface area contributed by atoms with Gasteiger partial charge in [0.2, 0.25) is 0 Å². The molecule has 0 bridgehead atoms. The molecule has 5 heteroatoms. The highest BCUT2D eigenvalue weighted by Gasteiger charge is 2.19. The van der Waals surface area contributed by atoms with E-state index in [0.717, 1.165) is 32.1 Å². The van der Waals surface area contributed by atoms with Crippen LogP contribution >= 0.6 is 11.3 Å². The Hall–Kier alpha value is -3.62. The molecule has 0 unspecified atom stereocenters. The van der Waals surface area contributed by atoms with E-state index in [2.05, 4.69) is 29.5 Å². The molecule has 0 spiro atoms. The van der Waals surface area contributed by atoms with Gasteiger partial charge in [-0.05, 0) is 48.4 Å². The number of hydrogen-bond acceptors (Lipinski definition) is 3. The minimum absolute atomic E-state index is 0.270. The molecule has 4 nitrogen and oxygen atoms in total. The number of carbonyl (C=O) groups is 1. The van der Waals surface area contributed by atoms with Crippen molar-refractivity contribution in [1.82, 2.24) is 4.40 Å². The van der Waals surface area contributed by atoms with E-state index < -0.39 is 5.97 Å². The smallest absolute Gasteiger partial charge is 0.346 e. The molecule has 0 aliphatic carbocycles. The number of aryl methyl sites for hydroxylation is 1. The highest BCUT2D eigenvalue weighted by Crippen LogP contribution is 2.41. The molecule has 3 aromatic heterocycles. The van der Waals surface area contributed by atoms with Crippen molar-refractivity contribution in [3.63, 3.8) is 0 Å². The second-order valence-corrected chi connectivity index (χ2v) is 7.46. The van der Waals surface area contributed by atoms with Crippen molar-refractivity contribution in [2.45, 2.75) is 6.92 Å². The van der Waals surface area contributed by atoms with Gasteiger partial charge in [-0.2, -0.15) is 5.26 Å². The molecule has 136 valence electrons. The van der Waals surface area contributed by atoms with Gasteiger partial charge in [-0.15, -0.1) is 11.3 Å². The number of benzene rings is 1. The Morgan fingerprint density at radius 2 is 1.86 bits per heavy atom. The Balaban J connectivity index is 1.95. The van der Waals surface area contributed by atoms with Gasteiger partial charge in [0, 0.05) is 22.2 Å². The summed E-state index contributed by atoms with van der Waals surface area (Å²) in [4.78, 5) is 12.9. The highest BCUT2D eigenvalue weighted by molar-refractivity contribution is 7.16. The number of carboxylic acids is 1. The lowest BCUT2D eigenvalue weighted by atomic mass is 10.0. The first-order valence-electron chi connectivity index (χ1n) is 8.70. The van der Waals surface area contributed by atoms with Crippen molar-refractivity contribution < 1.29 is 9.90 Å². The Morgan fingerprint density at radius 3 is 2.57 bits per heavy atom. The van der Waals surface area contributed by atoms with E-state index in [1.807, 2.05) is 48.7 Å². The maximum absolute atomic E-state index is 11.1. The third kappa shape index (κ3) is 3.00. The van der Waals surface area contributed by atoms with Crippen LogP contribution in [0, 0.1) is 18.3 Å². The second kappa shape index (κ2) is 7.18. The van der Waals surface area contributed by atoms with E-state index in [4.69, 9.17) is 10.4 Å². The van der Waals surface area contributed by atoms with Crippen LogP contribution in [-0.4, -0.2) is 15.5 Å². The number of aliphatic carboxylic acids is 1. The van der Waals surface area contributed by atoms with E-state index in [9.17, 15) is 4.79 Å². The first kappa shape index (κ1) is 17.8. The molecule has 0 saturated carbocycles. The summed E-state index contributed by atoms with van der Waals surface area (Å²) in [6.07, 6.45) is 3.46. The Bertz CT molecular complexity index is 1260.